The Morgan fingerprint density at radius 3 is 2.07 bits per heavy atom. The number of ether oxygens (including phenoxy) is 1. The third-order valence-corrected chi connectivity index (χ3v) is 4.44. The zero-order chi connectivity index (χ0) is 21.3. The van der Waals surface area contributed by atoms with E-state index in [2.05, 4.69) is 16.2 Å². The monoisotopic (exact) mass is 439 g/mol. The molecule has 152 valence electrons. The first-order valence-corrected chi connectivity index (χ1v) is 9.74. The van der Waals surface area contributed by atoms with Gasteiger partial charge in [0.25, 0.3) is 11.8 Å². The molecule has 0 aliphatic heterocycles. The van der Waals surface area contributed by atoms with Crippen molar-refractivity contribution in [3.8, 4) is 5.75 Å². The van der Waals surface area contributed by atoms with E-state index in [1.54, 1.807) is 48.5 Å². The molecule has 0 fully saturated rings. The van der Waals surface area contributed by atoms with E-state index in [-0.39, 0.29) is 5.11 Å². The van der Waals surface area contributed by atoms with Gasteiger partial charge in [0.2, 0.25) is 0 Å². The first kappa shape index (κ1) is 21.3. The number of carbonyl (C=O) groups is 2. The van der Waals surface area contributed by atoms with Crippen molar-refractivity contribution in [1.82, 2.24) is 16.2 Å². The number of benzene rings is 3. The van der Waals surface area contributed by atoms with Gasteiger partial charge >= 0.3 is 0 Å². The van der Waals surface area contributed by atoms with E-state index in [0.717, 1.165) is 5.56 Å². The summed E-state index contributed by atoms with van der Waals surface area (Å²) in [6.07, 6.45) is 0. The Morgan fingerprint density at radius 1 is 0.800 bits per heavy atom. The minimum Gasteiger partial charge on any atom is -0.489 e. The van der Waals surface area contributed by atoms with Crippen LogP contribution in [0.4, 0.5) is 0 Å². The number of hydrogen-bond acceptors (Lipinski definition) is 4. The highest BCUT2D eigenvalue weighted by Gasteiger charge is 2.10. The third kappa shape index (κ3) is 6.30. The molecule has 2 amide bonds. The minimum atomic E-state index is -0.418. The lowest BCUT2D eigenvalue weighted by molar-refractivity contribution is 0.0934. The molecule has 0 atom stereocenters. The molecule has 3 aromatic rings. The van der Waals surface area contributed by atoms with Crippen molar-refractivity contribution >= 4 is 40.7 Å². The summed E-state index contributed by atoms with van der Waals surface area (Å²) < 4.78 is 5.69. The van der Waals surface area contributed by atoms with E-state index in [0.29, 0.717) is 28.5 Å². The number of hydrogen-bond donors (Lipinski definition) is 3. The van der Waals surface area contributed by atoms with Crippen LogP contribution in [-0.4, -0.2) is 16.9 Å². The van der Waals surface area contributed by atoms with Crippen molar-refractivity contribution in [3.63, 3.8) is 0 Å². The summed E-state index contributed by atoms with van der Waals surface area (Å²) in [6, 6.07) is 22.8. The molecule has 3 aromatic carbocycles. The summed E-state index contributed by atoms with van der Waals surface area (Å²) in [7, 11) is 0. The minimum absolute atomic E-state index is 0.0360. The number of halogens is 1. The number of carbonyl (C=O) groups excluding carboxylic acids is 2. The van der Waals surface area contributed by atoms with E-state index < -0.39 is 11.8 Å². The molecule has 8 heteroatoms. The van der Waals surface area contributed by atoms with Crippen LogP contribution in [0.3, 0.4) is 0 Å². The lowest BCUT2D eigenvalue weighted by atomic mass is 10.2. The maximum atomic E-state index is 12.2. The van der Waals surface area contributed by atoms with Crippen molar-refractivity contribution in [1.29, 1.82) is 0 Å². The van der Waals surface area contributed by atoms with E-state index in [4.69, 9.17) is 28.6 Å². The fraction of sp³-hybridized carbons (Fsp3) is 0.0455. The molecule has 0 saturated heterocycles. The van der Waals surface area contributed by atoms with Crippen LogP contribution in [0.1, 0.15) is 26.3 Å². The second kappa shape index (κ2) is 10.4. The summed E-state index contributed by atoms with van der Waals surface area (Å²) in [4.78, 5) is 24.3. The zero-order valence-corrected chi connectivity index (χ0v) is 17.3. The van der Waals surface area contributed by atoms with Gasteiger partial charge in [0.05, 0.1) is 0 Å². The van der Waals surface area contributed by atoms with E-state index in [1.165, 1.54) is 0 Å². The molecule has 0 bridgehead atoms. The fourth-order valence-corrected chi connectivity index (χ4v) is 2.71. The molecular formula is C22H18ClN3O3S. The van der Waals surface area contributed by atoms with Gasteiger partial charge in [-0.1, -0.05) is 41.9 Å². The van der Waals surface area contributed by atoms with E-state index >= 15 is 0 Å². The average Bonchev–Trinajstić information content (AvgIpc) is 2.77. The molecule has 30 heavy (non-hydrogen) atoms. The van der Waals surface area contributed by atoms with Gasteiger partial charge in [-0.2, -0.15) is 0 Å². The van der Waals surface area contributed by atoms with Crippen LogP contribution in [0, 0.1) is 0 Å². The highest BCUT2D eigenvalue weighted by atomic mass is 35.5. The Morgan fingerprint density at radius 2 is 1.40 bits per heavy atom. The van der Waals surface area contributed by atoms with Crippen LogP contribution in [0.2, 0.25) is 5.02 Å². The first-order chi connectivity index (χ1) is 14.5. The van der Waals surface area contributed by atoms with Gasteiger partial charge in [0.15, 0.2) is 5.11 Å². The fourth-order valence-electron chi connectivity index (χ4n) is 2.44. The van der Waals surface area contributed by atoms with Gasteiger partial charge in [0.1, 0.15) is 12.4 Å². The van der Waals surface area contributed by atoms with Crippen molar-refractivity contribution in [3.05, 3.63) is 101 Å². The summed E-state index contributed by atoms with van der Waals surface area (Å²) >= 11 is 10.8. The molecule has 0 aliphatic carbocycles. The topological polar surface area (TPSA) is 79.5 Å². The maximum Gasteiger partial charge on any atom is 0.269 e. The molecule has 0 unspecified atom stereocenters. The zero-order valence-electron chi connectivity index (χ0n) is 15.7. The first-order valence-electron chi connectivity index (χ1n) is 8.95. The smallest absolute Gasteiger partial charge is 0.269 e. The molecule has 0 spiro atoms. The predicted octanol–water partition coefficient (Wildman–Crippen LogP) is 3.87. The largest absolute Gasteiger partial charge is 0.489 e. The molecular weight excluding hydrogens is 422 g/mol. The van der Waals surface area contributed by atoms with Gasteiger partial charge in [-0.25, -0.2) is 0 Å². The molecule has 0 heterocycles. The number of thiocarbonyl (C=S) groups is 1. The highest BCUT2D eigenvalue weighted by Crippen LogP contribution is 2.14. The molecule has 0 radical (unpaired) electrons. The Hall–Kier alpha value is -3.42. The van der Waals surface area contributed by atoms with Crippen LogP contribution in [0.5, 0.6) is 5.75 Å². The highest BCUT2D eigenvalue weighted by molar-refractivity contribution is 7.80. The number of nitrogens with one attached hydrogen (secondary N) is 3. The van der Waals surface area contributed by atoms with Crippen molar-refractivity contribution in [2.24, 2.45) is 0 Å². The predicted molar refractivity (Wildman–Crippen MR) is 119 cm³/mol. The second-order valence-electron chi connectivity index (χ2n) is 6.17. The Labute approximate surface area is 184 Å². The molecule has 3 rings (SSSR count). The summed E-state index contributed by atoms with van der Waals surface area (Å²) in [5, 5.41) is 2.96. The molecule has 6 nitrogen and oxygen atoms in total. The van der Waals surface area contributed by atoms with Gasteiger partial charge in [-0.15, -0.1) is 0 Å². The molecule has 3 N–H and O–H groups in total. The van der Waals surface area contributed by atoms with Crippen LogP contribution in [0.15, 0.2) is 78.9 Å². The number of amides is 2. The van der Waals surface area contributed by atoms with Gasteiger partial charge in [-0.3, -0.25) is 25.8 Å². The van der Waals surface area contributed by atoms with Crippen molar-refractivity contribution < 1.29 is 14.3 Å². The maximum absolute atomic E-state index is 12.2. The molecule has 0 aromatic heterocycles. The van der Waals surface area contributed by atoms with Gasteiger partial charge in [0, 0.05) is 16.1 Å². The molecule has 0 aliphatic rings. The number of hydrazine groups is 1. The van der Waals surface area contributed by atoms with E-state index in [1.807, 2.05) is 30.3 Å². The average molecular weight is 440 g/mol. The Balaban J connectivity index is 1.45. The van der Waals surface area contributed by atoms with Crippen molar-refractivity contribution in [2.75, 3.05) is 0 Å². The Bertz CT molecular complexity index is 1030. The quantitative estimate of drug-likeness (QED) is 0.415. The molecule has 0 saturated carbocycles. The van der Waals surface area contributed by atoms with E-state index in [9.17, 15) is 9.59 Å². The summed E-state index contributed by atoms with van der Waals surface area (Å²) in [5.74, 6) is -0.180. The van der Waals surface area contributed by atoms with Crippen LogP contribution < -0.4 is 20.9 Å². The standard InChI is InChI=1S/C22H18ClN3O3S/c23-18-10-6-16(7-11-18)20(27)24-22(30)26-25-21(28)17-8-12-19(13-9-17)29-14-15-4-2-1-3-5-15/h1-13H,14H2,(H,25,28)(H2,24,26,27,30). The number of rotatable bonds is 5. The van der Waals surface area contributed by atoms with Crippen molar-refractivity contribution in [2.45, 2.75) is 6.61 Å². The SMILES string of the molecule is O=C(NNC(=S)NC(=O)c1ccc(Cl)cc1)c1ccc(OCc2ccccc2)cc1. The van der Waals surface area contributed by atoms with Crippen LogP contribution >= 0.6 is 23.8 Å². The third-order valence-electron chi connectivity index (χ3n) is 3.99. The lowest BCUT2D eigenvalue weighted by Crippen LogP contribution is -2.48. The Kier molecular flexibility index (Phi) is 7.37. The summed E-state index contributed by atoms with van der Waals surface area (Å²) in [5.41, 5.74) is 6.78. The summed E-state index contributed by atoms with van der Waals surface area (Å²) in [6.45, 7) is 0.440. The van der Waals surface area contributed by atoms with Crippen LogP contribution in [0.25, 0.3) is 0 Å². The lowest BCUT2D eigenvalue weighted by Gasteiger charge is -2.11. The van der Waals surface area contributed by atoms with Crippen LogP contribution in [-0.2, 0) is 6.61 Å². The second-order valence-corrected chi connectivity index (χ2v) is 7.01. The van der Waals surface area contributed by atoms with Gasteiger partial charge < -0.3 is 4.74 Å². The normalized spacial score (nSPS) is 10.0. The van der Waals surface area contributed by atoms with Gasteiger partial charge in [-0.05, 0) is 66.3 Å².